The summed E-state index contributed by atoms with van der Waals surface area (Å²) in [5, 5.41) is 10.5. The molecular weight excluding hydrogens is 311 g/mol. The lowest BCUT2D eigenvalue weighted by molar-refractivity contribution is -0.0694. The van der Waals surface area contributed by atoms with Crippen LogP contribution in [0, 0.1) is 5.82 Å². The van der Waals surface area contributed by atoms with Crippen molar-refractivity contribution in [2.45, 2.75) is 18.6 Å². The molecule has 2 fully saturated rings. The summed E-state index contributed by atoms with van der Waals surface area (Å²) in [7, 11) is -3.59. The number of halogens is 1. The first-order valence-corrected chi connectivity index (χ1v) is 8.56. The van der Waals surface area contributed by atoms with Crippen molar-refractivity contribution in [3.8, 4) is 0 Å². The molecular formula is C14H19FN2O4S. The van der Waals surface area contributed by atoms with Crippen molar-refractivity contribution in [1.82, 2.24) is 8.61 Å². The number of hydrogen-bond acceptors (Lipinski definition) is 4. The van der Waals surface area contributed by atoms with Gasteiger partial charge in [-0.3, -0.25) is 0 Å². The minimum atomic E-state index is -3.59. The van der Waals surface area contributed by atoms with Crippen molar-refractivity contribution >= 4 is 10.2 Å². The maximum absolute atomic E-state index is 12.9. The van der Waals surface area contributed by atoms with Crippen LogP contribution in [-0.2, 0) is 20.5 Å². The number of morpholine rings is 1. The van der Waals surface area contributed by atoms with E-state index >= 15 is 0 Å². The summed E-state index contributed by atoms with van der Waals surface area (Å²) >= 11 is 0. The molecule has 1 atom stereocenters. The van der Waals surface area contributed by atoms with E-state index < -0.39 is 21.6 Å². The van der Waals surface area contributed by atoms with E-state index in [9.17, 15) is 17.9 Å². The average molecular weight is 330 g/mol. The van der Waals surface area contributed by atoms with Gasteiger partial charge in [-0.15, -0.1) is 0 Å². The van der Waals surface area contributed by atoms with Gasteiger partial charge in [0.15, 0.2) is 0 Å². The molecule has 0 bridgehead atoms. The molecule has 2 aliphatic rings. The molecule has 3 rings (SSSR count). The highest BCUT2D eigenvalue weighted by Gasteiger charge is 2.50. The molecule has 1 aromatic carbocycles. The van der Waals surface area contributed by atoms with Crippen LogP contribution in [0.4, 0.5) is 4.39 Å². The van der Waals surface area contributed by atoms with E-state index in [0.717, 1.165) is 0 Å². The minimum absolute atomic E-state index is 0.0211. The first-order chi connectivity index (χ1) is 10.3. The fourth-order valence-corrected chi connectivity index (χ4v) is 4.59. The van der Waals surface area contributed by atoms with E-state index in [4.69, 9.17) is 4.74 Å². The molecule has 0 spiro atoms. The summed E-state index contributed by atoms with van der Waals surface area (Å²) in [6.07, 6.45) is -0.138. The SMILES string of the molecule is C[C@@H]1CN(S(=O)(=O)N2CC(O)(c3ccc(F)cc3)C2)CCO1. The number of hydrogen-bond donors (Lipinski definition) is 1. The molecule has 2 aliphatic heterocycles. The van der Waals surface area contributed by atoms with Gasteiger partial charge in [-0.05, 0) is 24.6 Å². The normalized spacial score (nSPS) is 26.6. The molecule has 0 radical (unpaired) electrons. The summed E-state index contributed by atoms with van der Waals surface area (Å²) in [5.41, 5.74) is -0.728. The predicted molar refractivity (Wildman–Crippen MR) is 77.8 cm³/mol. The second-order valence-corrected chi connectivity index (χ2v) is 7.78. The van der Waals surface area contributed by atoms with Crippen LogP contribution >= 0.6 is 0 Å². The highest BCUT2D eigenvalue weighted by Crippen LogP contribution is 2.35. The van der Waals surface area contributed by atoms with Crippen molar-refractivity contribution < 1.29 is 22.7 Å². The number of aliphatic hydroxyl groups is 1. The second-order valence-electron chi connectivity index (χ2n) is 5.85. The van der Waals surface area contributed by atoms with Gasteiger partial charge in [0.25, 0.3) is 10.2 Å². The molecule has 1 aromatic rings. The standard InChI is InChI=1S/C14H19FN2O4S/c1-11-8-16(6-7-21-11)22(19,20)17-9-14(18,10-17)12-2-4-13(15)5-3-12/h2-5,11,18H,6-10H2,1H3/t11-/m1/s1. The average Bonchev–Trinajstić information content (AvgIpc) is 2.44. The predicted octanol–water partition coefficient (Wildman–Crippen LogP) is 0.294. The van der Waals surface area contributed by atoms with Crippen LogP contribution < -0.4 is 0 Å². The summed E-state index contributed by atoms with van der Waals surface area (Å²) in [6.45, 7) is 2.79. The van der Waals surface area contributed by atoms with Gasteiger partial charge in [-0.25, -0.2) is 4.39 Å². The third-order valence-electron chi connectivity index (χ3n) is 4.11. The molecule has 1 N–H and O–H groups in total. The Balaban J connectivity index is 1.70. The van der Waals surface area contributed by atoms with Crippen LogP contribution in [-0.4, -0.2) is 61.0 Å². The molecule has 0 aromatic heterocycles. The van der Waals surface area contributed by atoms with Gasteiger partial charge in [0.2, 0.25) is 0 Å². The zero-order valence-corrected chi connectivity index (χ0v) is 13.1. The van der Waals surface area contributed by atoms with Crippen LogP contribution in [0.15, 0.2) is 24.3 Å². The largest absolute Gasteiger partial charge is 0.382 e. The number of β-amino-alcohol motifs (C(OH)–C–C–N with tert-alkyl or cyclic N) is 1. The Bertz CT molecular complexity index is 643. The van der Waals surface area contributed by atoms with Crippen molar-refractivity contribution in [1.29, 1.82) is 0 Å². The molecule has 6 nitrogen and oxygen atoms in total. The van der Waals surface area contributed by atoms with Gasteiger partial charge in [0, 0.05) is 26.2 Å². The number of ether oxygens (including phenoxy) is 1. The molecule has 2 saturated heterocycles. The number of benzene rings is 1. The smallest absolute Gasteiger partial charge is 0.282 e. The van der Waals surface area contributed by atoms with Crippen LogP contribution in [0.2, 0.25) is 0 Å². The van der Waals surface area contributed by atoms with Crippen molar-refractivity contribution in [2.75, 3.05) is 32.8 Å². The zero-order valence-electron chi connectivity index (χ0n) is 12.3. The van der Waals surface area contributed by atoms with E-state index in [0.29, 0.717) is 25.3 Å². The third kappa shape index (κ3) is 2.77. The maximum atomic E-state index is 12.9. The molecule has 0 amide bonds. The van der Waals surface area contributed by atoms with E-state index in [1.54, 1.807) is 0 Å². The first kappa shape index (κ1) is 15.8. The Kier molecular flexibility index (Phi) is 3.98. The highest BCUT2D eigenvalue weighted by atomic mass is 32.2. The van der Waals surface area contributed by atoms with E-state index in [2.05, 4.69) is 0 Å². The van der Waals surface area contributed by atoms with Gasteiger partial charge >= 0.3 is 0 Å². The Hall–Kier alpha value is -1.06. The Labute approximate surface area is 129 Å². The summed E-state index contributed by atoms with van der Waals surface area (Å²) < 4.78 is 45.9. The van der Waals surface area contributed by atoms with Gasteiger partial charge < -0.3 is 9.84 Å². The van der Waals surface area contributed by atoms with Gasteiger partial charge in [-0.1, -0.05) is 12.1 Å². The quantitative estimate of drug-likeness (QED) is 0.865. The first-order valence-electron chi connectivity index (χ1n) is 7.16. The lowest BCUT2D eigenvalue weighted by atomic mass is 9.88. The molecule has 0 unspecified atom stereocenters. The second kappa shape index (κ2) is 5.54. The molecule has 2 heterocycles. The van der Waals surface area contributed by atoms with Gasteiger partial charge in [-0.2, -0.15) is 17.0 Å². The van der Waals surface area contributed by atoms with Crippen LogP contribution in [0.3, 0.4) is 0 Å². The van der Waals surface area contributed by atoms with Crippen molar-refractivity contribution in [3.63, 3.8) is 0 Å². The molecule has 122 valence electrons. The van der Waals surface area contributed by atoms with E-state index in [1.807, 2.05) is 6.92 Å². The topological polar surface area (TPSA) is 70.1 Å². The molecule has 8 heteroatoms. The summed E-state index contributed by atoms with van der Waals surface area (Å²) in [5.74, 6) is -0.390. The molecule has 0 aliphatic carbocycles. The highest BCUT2D eigenvalue weighted by molar-refractivity contribution is 7.86. The number of rotatable bonds is 3. The fourth-order valence-electron chi connectivity index (χ4n) is 2.80. The molecule has 22 heavy (non-hydrogen) atoms. The Morgan fingerprint density at radius 1 is 1.27 bits per heavy atom. The van der Waals surface area contributed by atoms with Crippen molar-refractivity contribution in [2.24, 2.45) is 0 Å². The lowest BCUT2D eigenvalue weighted by Gasteiger charge is -2.47. The monoisotopic (exact) mass is 330 g/mol. The Morgan fingerprint density at radius 3 is 2.50 bits per heavy atom. The summed E-state index contributed by atoms with van der Waals surface area (Å²) in [6, 6.07) is 5.48. The van der Waals surface area contributed by atoms with E-state index in [1.165, 1.54) is 32.9 Å². The molecule has 0 saturated carbocycles. The van der Waals surface area contributed by atoms with Gasteiger partial charge in [0.05, 0.1) is 12.7 Å². The summed E-state index contributed by atoms with van der Waals surface area (Å²) in [4.78, 5) is 0. The van der Waals surface area contributed by atoms with Crippen LogP contribution in [0.1, 0.15) is 12.5 Å². The van der Waals surface area contributed by atoms with Crippen molar-refractivity contribution in [3.05, 3.63) is 35.6 Å². The third-order valence-corrected chi connectivity index (χ3v) is 6.01. The fraction of sp³-hybridized carbons (Fsp3) is 0.571. The maximum Gasteiger partial charge on any atom is 0.282 e. The number of nitrogens with zero attached hydrogens (tertiary/aromatic N) is 2. The minimum Gasteiger partial charge on any atom is -0.382 e. The zero-order chi connectivity index (χ0) is 16.0. The Morgan fingerprint density at radius 2 is 1.91 bits per heavy atom. The van der Waals surface area contributed by atoms with Crippen LogP contribution in [0.25, 0.3) is 0 Å². The lowest BCUT2D eigenvalue weighted by Crippen LogP contribution is -2.64. The van der Waals surface area contributed by atoms with E-state index in [-0.39, 0.29) is 19.2 Å². The van der Waals surface area contributed by atoms with Gasteiger partial charge in [0.1, 0.15) is 11.4 Å². The van der Waals surface area contributed by atoms with Crippen LogP contribution in [0.5, 0.6) is 0 Å².